The Bertz CT molecular complexity index is 1170. The molecule has 0 fully saturated rings. The van der Waals surface area contributed by atoms with Gasteiger partial charge in [0, 0.05) is 23.3 Å². The number of hydrogen-bond acceptors (Lipinski definition) is 7. The van der Waals surface area contributed by atoms with Crippen molar-refractivity contribution in [3.8, 4) is 5.82 Å². The number of rotatable bonds is 5. The number of nitrogens with zero attached hydrogens (tertiary/aromatic N) is 6. The number of aryl methyl sites for hydroxylation is 3. The highest BCUT2D eigenvalue weighted by molar-refractivity contribution is 6.02. The minimum absolute atomic E-state index is 0.265. The maximum Gasteiger partial charge on any atom is 0.275 e. The third kappa shape index (κ3) is 4.30. The van der Waals surface area contributed by atoms with Crippen LogP contribution in [0.5, 0.6) is 0 Å². The molecule has 0 aliphatic heterocycles. The van der Waals surface area contributed by atoms with Crippen LogP contribution in [0, 0.1) is 20.8 Å². The number of benzene rings is 1. The van der Waals surface area contributed by atoms with E-state index in [1.54, 1.807) is 23.0 Å². The van der Waals surface area contributed by atoms with Crippen LogP contribution in [-0.2, 0) is 0 Å². The van der Waals surface area contributed by atoms with Crippen molar-refractivity contribution < 1.29 is 4.79 Å². The Labute approximate surface area is 173 Å². The molecule has 0 spiro atoms. The summed E-state index contributed by atoms with van der Waals surface area (Å²) in [4.78, 5) is 20.4. The van der Waals surface area contributed by atoms with Gasteiger partial charge in [-0.25, -0.2) is 9.67 Å². The number of carbonyl (C=O) groups is 1. The first-order valence-corrected chi connectivity index (χ1v) is 9.32. The predicted molar refractivity (Wildman–Crippen MR) is 113 cm³/mol. The van der Waals surface area contributed by atoms with Gasteiger partial charge in [0.25, 0.3) is 5.91 Å². The molecule has 150 valence electrons. The van der Waals surface area contributed by atoms with Gasteiger partial charge in [-0.3, -0.25) is 9.78 Å². The maximum atomic E-state index is 12.2. The van der Waals surface area contributed by atoms with E-state index in [4.69, 9.17) is 0 Å². The standard InChI is InChI=1S/C21H20N8O/c1-13-10-15(3)29(28-13)20-9-8-19(26-27-20)24-16-4-6-17(7-5-16)25-21(30)18-12-22-14(2)11-23-18/h4-12H,1-3H3,(H,24,26)(H,25,30). The molecule has 4 aromatic rings. The van der Waals surface area contributed by atoms with E-state index in [9.17, 15) is 4.79 Å². The Morgan fingerprint density at radius 1 is 0.867 bits per heavy atom. The van der Waals surface area contributed by atoms with Crippen LogP contribution in [0.25, 0.3) is 5.82 Å². The van der Waals surface area contributed by atoms with Crippen LogP contribution in [0.3, 0.4) is 0 Å². The number of anilines is 3. The summed E-state index contributed by atoms with van der Waals surface area (Å²) in [5, 5.41) is 18.8. The Balaban J connectivity index is 1.40. The Hall–Kier alpha value is -4.14. The molecule has 4 rings (SSSR count). The smallest absolute Gasteiger partial charge is 0.275 e. The van der Waals surface area contributed by atoms with Gasteiger partial charge in [-0.05, 0) is 63.2 Å². The molecule has 9 heteroatoms. The monoisotopic (exact) mass is 400 g/mol. The molecule has 0 saturated heterocycles. The lowest BCUT2D eigenvalue weighted by atomic mass is 10.2. The lowest BCUT2D eigenvalue weighted by Crippen LogP contribution is -2.14. The van der Waals surface area contributed by atoms with Gasteiger partial charge in [-0.2, -0.15) is 5.10 Å². The van der Waals surface area contributed by atoms with Crippen molar-refractivity contribution in [1.29, 1.82) is 0 Å². The SMILES string of the molecule is Cc1cnc(C(=O)Nc2ccc(Nc3ccc(-n4nc(C)cc4C)nn3)cc2)cn1. The molecule has 30 heavy (non-hydrogen) atoms. The van der Waals surface area contributed by atoms with E-state index in [2.05, 4.69) is 35.9 Å². The summed E-state index contributed by atoms with van der Waals surface area (Å²) in [5.74, 6) is 0.948. The highest BCUT2D eigenvalue weighted by atomic mass is 16.1. The van der Waals surface area contributed by atoms with Crippen LogP contribution < -0.4 is 10.6 Å². The van der Waals surface area contributed by atoms with E-state index in [1.165, 1.54) is 6.20 Å². The lowest BCUT2D eigenvalue weighted by molar-refractivity contribution is 0.102. The van der Waals surface area contributed by atoms with Crippen molar-refractivity contribution in [1.82, 2.24) is 29.9 Å². The van der Waals surface area contributed by atoms with Gasteiger partial charge >= 0.3 is 0 Å². The molecule has 0 bridgehead atoms. The topological polar surface area (TPSA) is 111 Å². The van der Waals surface area contributed by atoms with Crippen LogP contribution in [0.1, 0.15) is 27.6 Å². The van der Waals surface area contributed by atoms with E-state index in [1.807, 2.05) is 51.1 Å². The molecule has 0 unspecified atom stereocenters. The van der Waals surface area contributed by atoms with Crippen LogP contribution in [0.2, 0.25) is 0 Å². The summed E-state index contributed by atoms with van der Waals surface area (Å²) in [6.07, 6.45) is 3.01. The third-order valence-corrected chi connectivity index (χ3v) is 4.31. The van der Waals surface area contributed by atoms with E-state index < -0.39 is 0 Å². The molecule has 0 atom stereocenters. The minimum Gasteiger partial charge on any atom is -0.339 e. The molecule has 0 radical (unpaired) electrons. The number of carbonyl (C=O) groups excluding carboxylic acids is 1. The molecular formula is C21H20N8O. The average molecular weight is 400 g/mol. The van der Waals surface area contributed by atoms with E-state index in [0.29, 0.717) is 17.3 Å². The van der Waals surface area contributed by atoms with Gasteiger partial charge in [-0.15, -0.1) is 10.2 Å². The zero-order valence-electron chi connectivity index (χ0n) is 16.8. The van der Waals surface area contributed by atoms with Crippen molar-refractivity contribution in [2.75, 3.05) is 10.6 Å². The largest absolute Gasteiger partial charge is 0.339 e. The van der Waals surface area contributed by atoms with Crippen LogP contribution >= 0.6 is 0 Å². The summed E-state index contributed by atoms with van der Waals surface area (Å²) in [7, 11) is 0. The summed E-state index contributed by atoms with van der Waals surface area (Å²) in [5.41, 5.74) is 4.42. The number of hydrogen-bond donors (Lipinski definition) is 2. The minimum atomic E-state index is -0.311. The van der Waals surface area contributed by atoms with E-state index >= 15 is 0 Å². The maximum absolute atomic E-state index is 12.2. The lowest BCUT2D eigenvalue weighted by Gasteiger charge is -2.08. The first kappa shape index (κ1) is 19.2. The van der Waals surface area contributed by atoms with Crippen molar-refractivity contribution in [3.63, 3.8) is 0 Å². The van der Waals surface area contributed by atoms with Gasteiger partial charge in [-0.1, -0.05) is 0 Å². The van der Waals surface area contributed by atoms with Gasteiger partial charge < -0.3 is 10.6 Å². The molecule has 9 nitrogen and oxygen atoms in total. The predicted octanol–water partition coefficient (Wildman–Crippen LogP) is 3.37. The summed E-state index contributed by atoms with van der Waals surface area (Å²) in [6, 6.07) is 12.9. The fourth-order valence-corrected chi connectivity index (χ4v) is 2.86. The second-order valence-corrected chi connectivity index (χ2v) is 6.82. The van der Waals surface area contributed by atoms with Crippen molar-refractivity contribution >= 4 is 23.1 Å². The average Bonchev–Trinajstić information content (AvgIpc) is 3.08. The molecule has 3 heterocycles. The van der Waals surface area contributed by atoms with Gasteiger partial charge in [0.2, 0.25) is 0 Å². The highest BCUT2D eigenvalue weighted by Crippen LogP contribution is 2.18. The molecule has 0 aliphatic rings. The molecule has 2 N–H and O–H groups in total. The fourth-order valence-electron chi connectivity index (χ4n) is 2.86. The molecule has 3 aromatic heterocycles. The van der Waals surface area contributed by atoms with Gasteiger partial charge in [0.05, 0.1) is 17.6 Å². The summed E-state index contributed by atoms with van der Waals surface area (Å²) in [6.45, 7) is 5.73. The van der Waals surface area contributed by atoms with Crippen molar-refractivity contribution in [2.45, 2.75) is 20.8 Å². The Kier molecular flexibility index (Phi) is 5.17. The Morgan fingerprint density at radius 3 is 2.23 bits per heavy atom. The van der Waals surface area contributed by atoms with Gasteiger partial charge in [0.1, 0.15) is 5.69 Å². The first-order valence-electron chi connectivity index (χ1n) is 9.32. The second-order valence-electron chi connectivity index (χ2n) is 6.82. The molecular weight excluding hydrogens is 380 g/mol. The quantitative estimate of drug-likeness (QED) is 0.528. The van der Waals surface area contributed by atoms with Crippen LogP contribution in [-0.4, -0.2) is 35.9 Å². The highest BCUT2D eigenvalue weighted by Gasteiger charge is 2.09. The fraction of sp³-hybridized carbons (Fsp3) is 0.143. The normalized spacial score (nSPS) is 10.6. The molecule has 0 aliphatic carbocycles. The Morgan fingerprint density at radius 2 is 1.63 bits per heavy atom. The summed E-state index contributed by atoms with van der Waals surface area (Å²) >= 11 is 0. The van der Waals surface area contributed by atoms with Crippen molar-refractivity contribution in [2.24, 2.45) is 0 Å². The summed E-state index contributed by atoms with van der Waals surface area (Å²) < 4.78 is 1.75. The van der Waals surface area contributed by atoms with Gasteiger partial charge in [0.15, 0.2) is 11.6 Å². The molecule has 1 amide bonds. The zero-order chi connectivity index (χ0) is 21.1. The number of nitrogens with one attached hydrogen (secondary N) is 2. The number of amides is 1. The molecule has 1 aromatic carbocycles. The molecule has 0 saturated carbocycles. The van der Waals surface area contributed by atoms with Crippen LogP contribution in [0.4, 0.5) is 17.2 Å². The second kappa shape index (κ2) is 8.08. The first-order chi connectivity index (χ1) is 14.5. The third-order valence-electron chi connectivity index (χ3n) is 4.31. The van der Waals surface area contributed by atoms with Crippen molar-refractivity contribution in [3.05, 3.63) is 77.6 Å². The zero-order valence-corrected chi connectivity index (χ0v) is 16.8. The van der Waals surface area contributed by atoms with Crippen LogP contribution in [0.15, 0.2) is 54.9 Å². The van der Waals surface area contributed by atoms with E-state index in [0.717, 1.165) is 22.8 Å². The van der Waals surface area contributed by atoms with E-state index in [-0.39, 0.29) is 11.6 Å². The number of aromatic nitrogens is 6.